The van der Waals surface area contributed by atoms with E-state index in [1.54, 1.807) is 0 Å². The highest BCUT2D eigenvalue weighted by atomic mass is 32.2. The summed E-state index contributed by atoms with van der Waals surface area (Å²) < 4.78 is 35.2. The Labute approximate surface area is 103 Å². The maximum atomic E-state index is 11.9. The molecule has 0 aliphatic carbocycles. The Morgan fingerprint density at radius 2 is 1.76 bits per heavy atom. The molecule has 0 aromatic rings. The molecule has 3 saturated heterocycles. The Bertz CT molecular complexity index is 431. The predicted octanol–water partition coefficient (Wildman–Crippen LogP) is 1.55. The van der Waals surface area contributed by atoms with Gasteiger partial charge in [-0.2, -0.15) is 8.42 Å². The molecule has 0 N–H and O–H groups in total. The van der Waals surface area contributed by atoms with Crippen LogP contribution in [0.3, 0.4) is 0 Å². The number of hydrogen-bond donors (Lipinski definition) is 0. The Balaban J connectivity index is 2.12. The second-order valence-corrected chi connectivity index (χ2v) is 7.97. The summed E-state index contributed by atoms with van der Waals surface area (Å²) in [5.74, 6) is 0.716. The van der Waals surface area contributed by atoms with Gasteiger partial charge in [0.05, 0.1) is 6.10 Å². The van der Waals surface area contributed by atoms with Gasteiger partial charge in [0.2, 0.25) is 0 Å². The Kier molecular flexibility index (Phi) is 2.28. The molecule has 0 aromatic heterocycles. The van der Waals surface area contributed by atoms with Gasteiger partial charge in [-0.1, -0.05) is 27.7 Å². The van der Waals surface area contributed by atoms with Crippen LogP contribution in [0.5, 0.6) is 0 Å². The molecule has 4 unspecified atom stereocenters. The number of rotatable bonds is 2. The zero-order chi connectivity index (χ0) is 12.6. The largest absolute Gasteiger partial charge is 0.370 e. The van der Waals surface area contributed by atoms with Crippen LogP contribution in [0.15, 0.2) is 0 Å². The van der Waals surface area contributed by atoms with Crippen molar-refractivity contribution in [3.8, 4) is 0 Å². The minimum atomic E-state index is -3.39. The van der Waals surface area contributed by atoms with Crippen LogP contribution in [0.2, 0.25) is 0 Å². The van der Waals surface area contributed by atoms with E-state index < -0.39 is 15.4 Å². The Hall–Kier alpha value is -0.130. The molecule has 4 atom stereocenters. The van der Waals surface area contributed by atoms with Crippen LogP contribution in [0.4, 0.5) is 0 Å². The van der Waals surface area contributed by atoms with E-state index in [1.807, 2.05) is 0 Å². The second-order valence-electron chi connectivity index (χ2n) is 6.18. The van der Waals surface area contributed by atoms with Gasteiger partial charge in [0.1, 0.15) is 17.5 Å². The molecule has 2 bridgehead atoms. The lowest BCUT2D eigenvalue weighted by Gasteiger charge is -2.44. The molecule has 4 nitrogen and oxygen atoms in total. The summed E-state index contributed by atoms with van der Waals surface area (Å²) in [4.78, 5) is 0. The highest BCUT2D eigenvalue weighted by Gasteiger charge is 2.73. The van der Waals surface area contributed by atoms with Crippen LogP contribution in [-0.4, -0.2) is 32.0 Å². The molecule has 0 amide bonds. The normalized spacial score (nSPS) is 45.1. The van der Waals surface area contributed by atoms with Gasteiger partial charge in [-0.3, -0.25) is 4.18 Å². The van der Waals surface area contributed by atoms with E-state index in [4.69, 9.17) is 8.92 Å². The quantitative estimate of drug-likeness (QED) is 0.707. The van der Waals surface area contributed by atoms with Crippen LogP contribution in [0.1, 0.15) is 34.1 Å². The first-order valence-corrected chi connectivity index (χ1v) is 7.86. The molecule has 3 fully saturated rings. The minimum absolute atomic E-state index is 0.0415. The minimum Gasteiger partial charge on any atom is -0.370 e. The SMILES string of the molecule is CC(C)C1(C(C)C)C2CC3C(O2)C1OS3(=O)=O. The van der Waals surface area contributed by atoms with Crippen molar-refractivity contribution in [1.82, 2.24) is 0 Å². The van der Waals surface area contributed by atoms with Gasteiger partial charge < -0.3 is 4.74 Å². The fraction of sp³-hybridized carbons (Fsp3) is 1.00. The molecule has 0 radical (unpaired) electrons. The topological polar surface area (TPSA) is 52.6 Å². The van der Waals surface area contributed by atoms with Crippen LogP contribution in [-0.2, 0) is 19.0 Å². The fourth-order valence-electron chi connectivity index (χ4n) is 4.44. The molecule has 98 valence electrons. The van der Waals surface area contributed by atoms with Gasteiger partial charge in [-0.15, -0.1) is 0 Å². The molecular formula is C12H20O4S. The fourth-order valence-corrected chi connectivity index (χ4v) is 6.09. The second kappa shape index (κ2) is 3.25. The van der Waals surface area contributed by atoms with Crippen molar-refractivity contribution in [3.05, 3.63) is 0 Å². The van der Waals surface area contributed by atoms with Crippen molar-refractivity contribution >= 4 is 10.1 Å². The van der Waals surface area contributed by atoms with E-state index in [9.17, 15) is 8.42 Å². The third kappa shape index (κ3) is 1.18. The van der Waals surface area contributed by atoms with Gasteiger partial charge >= 0.3 is 0 Å². The first kappa shape index (κ1) is 11.9. The zero-order valence-corrected chi connectivity index (χ0v) is 11.5. The van der Waals surface area contributed by atoms with Crippen molar-refractivity contribution in [2.45, 2.75) is 57.7 Å². The summed E-state index contributed by atoms with van der Waals surface area (Å²) in [7, 11) is -3.39. The molecule has 3 aliphatic heterocycles. The monoisotopic (exact) mass is 260 g/mol. The van der Waals surface area contributed by atoms with Gasteiger partial charge in [-0.25, -0.2) is 0 Å². The average molecular weight is 260 g/mol. The first-order chi connectivity index (χ1) is 7.81. The molecule has 0 aromatic carbocycles. The van der Waals surface area contributed by atoms with E-state index >= 15 is 0 Å². The standard InChI is InChI=1S/C12H20O4S/c1-6(2)12(7(3)4)9-5-8-10(15-9)11(12)16-17(8,13)14/h6-11H,5H2,1-4H3. The molecule has 3 heterocycles. The Morgan fingerprint density at radius 1 is 1.18 bits per heavy atom. The lowest BCUT2D eigenvalue weighted by Crippen LogP contribution is -2.52. The van der Waals surface area contributed by atoms with Crippen LogP contribution >= 0.6 is 0 Å². The van der Waals surface area contributed by atoms with Crippen molar-refractivity contribution < 1.29 is 17.3 Å². The highest BCUT2D eigenvalue weighted by Crippen LogP contribution is 2.61. The number of ether oxygens (including phenoxy) is 1. The van der Waals surface area contributed by atoms with Crippen molar-refractivity contribution in [3.63, 3.8) is 0 Å². The summed E-state index contributed by atoms with van der Waals surface area (Å²) in [6.45, 7) is 8.58. The molecule has 5 heteroatoms. The van der Waals surface area contributed by atoms with Gasteiger partial charge in [0.15, 0.2) is 0 Å². The summed E-state index contributed by atoms with van der Waals surface area (Å²) in [5.41, 5.74) is -0.148. The third-order valence-corrected chi connectivity index (χ3v) is 6.77. The third-order valence-electron chi connectivity index (χ3n) is 5.09. The lowest BCUT2D eigenvalue weighted by molar-refractivity contribution is -0.0320. The maximum Gasteiger partial charge on any atom is 0.273 e. The van der Waals surface area contributed by atoms with E-state index in [0.717, 1.165) is 0 Å². The maximum absolute atomic E-state index is 11.9. The summed E-state index contributed by atoms with van der Waals surface area (Å²) in [6, 6.07) is 0. The molecule has 3 rings (SSSR count). The molecular weight excluding hydrogens is 240 g/mol. The summed E-state index contributed by atoms with van der Waals surface area (Å²) in [5, 5.41) is -0.414. The van der Waals surface area contributed by atoms with Gasteiger partial charge in [-0.05, 0) is 18.3 Å². The smallest absolute Gasteiger partial charge is 0.273 e. The van der Waals surface area contributed by atoms with Crippen LogP contribution < -0.4 is 0 Å². The number of fused-ring (bicyclic) bond motifs is 1. The zero-order valence-electron chi connectivity index (χ0n) is 10.7. The van der Waals surface area contributed by atoms with Crippen LogP contribution in [0.25, 0.3) is 0 Å². The Morgan fingerprint density at radius 3 is 2.29 bits per heavy atom. The predicted molar refractivity (Wildman–Crippen MR) is 63.0 cm³/mol. The van der Waals surface area contributed by atoms with Crippen LogP contribution in [0, 0.1) is 17.3 Å². The van der Waals surface area contributed by atoms with Crippen molar-refractivity contribution in [1.29, 1.82) is 0 Å². The van der Waals surface area contributed by atoms with Gasteiger partial charge in [0, 0.05) is 5.41 Å². The average Bonchev–Trinajstić information content (AvgIpc) is 2.75. The number of hydrogen-bond acceptors (Lipinski definition) is 4. The molecule has 0 saturated carbocycles. The first-order valence-electron chi connectivity index (χ1n) is 6.39. The van der Waals surface area contributed by atoms with E-state index in [0.29, 0.717) is 18.3 Å². The van der Waals surface area contributed by atoms with Gasteiger partial charge in [0.25, 0.3) is 10.1 Å². The lowest BCUT2D eigenvalue weighted by atomic mass is 9.59. The van der Waals surface area contributed by atoms with E-state index in [2.05, 4.69) is 27.7 Å². The van der Waals surface area contributed by atoms with E-state index in [1.165, 1.54) is 0 Å². The highest BCUT2D eigenvalue weighted by molar-refractivity contribution is 7.87. The van der Waals surface area contributed by atoms with E-state index in [-0.39, 0.29) is 23.7 Å². The molecule has 3 aliphatic rings. The van der Waals surface area contributed by atoms with Crippen molar-refractivity contribution in [2.75, 3.05) is 0 Å². The van der Waals surface area contributed by atoms with Crippen molar-refractivity contribution in [2.24, 2.45) is 17.3 Å². The molecule has 0 spiro atoms. The summed E-state index contributed by atoms with van der Waals surface area (Å²) in [6.07, 6.45) is 0.158. The molecule has 17 heavy (non-hydrogen) atoms. The summed E-state index contributed by atoms with van der Waals surface area (Å²) >= 11 is 0.